The normalized spacial score (nSPS) is 13.0. The van der Waals surface area contributed by atoms with Crippen molar-refractivity contribution in [2.75, 3.05) is 24.3 Å². The molecular weight excluding hydrogens is 256 g/mol. The van der Waals surface area contributed by atoms with E-state index in [0.29, 0.717) is 24.6 Å². The lowest BCUT2D eigenvalue weighted by atomic mass is 10.2. The van der Waals surface area contributed by atoms with Gasteiger partial charge in [0.05, 0.1) is 18.8 Å². The van der Waals surface area contributed by atoms with Crippen molar-refractivity contribution in [3.8, 4) is 0 Å². The Morgan fingerprint density at radius 3 is 2.65 bits per heavy atom. The zero-order valence-electron chi connectivity index (χ0n) is 12.6. The van der Waals surface area contributed by atoms with Crippen molar-refractivity contribution in [2.45, 2.75) is 39.4 Å². The Labute approximate surface area is 120 Å². The number of nitrogens with one attached hydrogen (secondary N) is 1. The molecule has 0 aliphatic rings. The quantitative estimate of drug-likeness (QED) is 0.620. The number of hydrogen-bond donors (Lipinski definition) is 2. The average Bonchev–Trinajstić information content (AvgIpc) is 2.33. The molecule has 0 heterocycles. The van der Waals surface area contributed by atoms with Gasteiger partial charge in [-0.1, -0.05) is 6.07 Å². The SMILES string of the molecule is CC(OCCOC(C)(C)C)C(=O)Nc1cccc(N)c1. The summed E-state index contributed by atoms with van der Waals surface area (Å²) in [4.78, 5) is 11.9. The first-order valence-corrected chi connectivity index (χ1v) is 6.70. The van der Waals surface area contributed by atoms with Crippen molar-refractivity contribution >= 4 is 17.3 Å². The van der Waals surface area contributed by atoms with E-state index >= 15 is 0 Å². The molecule has 0 radical (unpaired) electrons. The molecule has 3 N–H and O–H groups in total. The molecule has 0 bridgehead atoms. The predicted molar refractivity (Wildman–Crippen MR) is 80.6 cm³/mol. The number of carbonyl (C=O) groups excluding carboxylic acids is 1. The van der Waals surface area contributed by atoms with Gasteiger partial charge >= 0.3 is 0 Å². The highest BCUT2D eigenvalue weighted by Crippen LogP contribution is 2.12. The Morgan fingerprint density at radius 1 is 1.35 bits per heavy atom. The fourth-order valence-corrected chi connectivity index (χ4v) is 1.51. The summed E-state index contributed by atoms with van der Waals surface area (Å²) >= 11 is 0. The van der Waals surface area contributed by atoms with Crippen LogP contribution in [0.5, 0.6) is 0 Å². The first-order valence-electron chi connectivity index (χ1n) is 6.70. The summed E-state index contributed by atoms with van der Waals surface area (Å²) in [5.41, 5.74) is 6.72. The molecule has 1 aromatic rings. The van der Waals surface area contributed by atoms with Crippen molar-refractivity contribution < 1.29 is 14.3 Å². The molecule has 1 amide bonds. The van der Waals surface area contributed by atoms with E-state index in [1.54, 1.807) is 31.2 Å². The number of rotatable bonds is 6. The monoisotopic (exact) mass is 280 g/mol. The number of anilines is 2. The average molecular weight is 280 g/mol. The number of amides is 1. The first-order chi connectivity index (χ1) is 9.28. The van der Waals surface area contributed by atoms with Crippen LogP contribution in [0, 0.1) is 0 Å². The minimum Gasteiger partial charge on any atom is -0.399 e. The van der Waals surface area contributed by atoms with Gasteiger partial charge in [0.15, 0.2) is 0 Å². The van der Waals surface area contributed by atoms with E-state index in [1.165, 1.54) is 0 Å². The molecular formula is C15H24N2O3. The third kappa shape index (κ3) is 6.54. The van der Waals surface area contributed by atoms with Crippen molar-refractivity contribution in [3.05, 3.63) is 24.3 Å². The standard InChI is InChI=1S/C15H24N2O3/c1-11(19-8-9-20-15(2,3)4)14(18)17-13-7-5-6-12(16)10-13/h5-7,10-11H,8-9,16H2,1-4H3,(H,17,18). The third-order valence-electron chi connectivity index (χ3n) is 2.51. The highest BCUT2D eigenvalue weighted by atomic mass is 16.5. The Balaban J connectivity index is 2.32. The van der Waals surface area contributed by atoms with Crippen LogP contribution in [0.3, 0.4) is 0 Å². The van der Waals surface area contributed by atoms with Crippen LogP contribution < -0.4 is 11.1 Å². The molecule has 0 saturated heterocycles. The van der Waals surface area contributed by atoms with Crippen molar-refractivity contribution in [3.63, 3.8) is 0 Å². The lowest BCUT2D eigenvalue weighted by Crippen LogP contribution is -2.30. The van der Waals surface area contributed by atoms with E-state index in [9.17, 15) is 4.79 Å². The van der Waals surface area contributed by atoms with E-state index in [-0.39, 0.29) is 11.5 Å². The smallest absolute Gasteiger partial charge is 0.253 e. The molecule has 0 spiro atoms. The van der Waals surface area contributed by atoms with E-state index < -0.39 is 6.10 Å². The molecule has 1 rings (SSSR count). The molecule has 0 aliphatic heterocycles. The van der Waals surface area contributed by atoms with Gasteiger partial charge < -0.3 is 20.5 Å². The van der Waals surface area contributed by atoms with Crippen LogP contribution in [0.25, 0.3) is 0 Å². The van der Waals surface area contributed by atoms with Crippen LogP contribution >= 0.6 is 0 Å². The fraction of sp³-hybridized carbons (Fsp3) is 0.533. The number of ether oxygens (including phenoxy) is 2. The molecule has 20 heavy (non-hydrogen) atoms. The molecule has 0 fully saturated rings. The van der Waals surface area contributed by atoms with Crippen LogP contribution in [0.15, 0.2) is 24.3 Å². The summed E-state index contributed by atoms with van der Waals surface area (Å²) in [6.45, 7) is 8.47. The maximum Gasteiger partial charge on any atom is 0.253 e. The highest BCUT2D eigenvalue weighted by molar-refractivity contribution is 5.94. The van der Waals surface area contributed by atoms with Gasteiger partial charge in [-0.05, 0) is 45.9 Å². The van der Waals surface area contributed by atoms with Gasteiger partial charge in [-0.2, -0.15) is 0 Å². The van der Waals surface area contributed by atoms with Crippen molar-refractivity contribution in [1.29, 1.82) is 0 Å². The largest absolute Gasteiger partial charge is 0.399 e. The summed E-state index contributed by atoms with van der Waals surface area (Å²) < 4.78 is 11.0. The first kappa shape index (κ1) is 16.5. The number of nitrogens with two attached hydrogens (primary N) is 1. The topological polar surface area (TPSA) is 73.6 Å². The van der Waals surface area contributed by atoms with Crippen molar-refractivity contribution in [2.24, 2.45) is 0 Å². The minimum atomic E-state index is -0.542. The summed E-state index contributed by atoms with van der Waals surface area (Å²) in [6.07, 6.45) is -0.542. The lowest BCUT2D eigenvalue weighted by molar-refractivity contribution is -0.128. The van der Waals surface area contributed by atoms with Crippen molar-refractivity contribution in [1.82, 2.24) is 0 Å². The molecule has 0 aromatic heterocycles. The third-order valence-corrected chi connectivity index (χ3v) is 2.51. The maximum atomic E-state index is 11.9. The Morgan fingerprint density at radius 2 is 2.05 bits per heavy atom. The van der Waals surface area contributed by atoms with Gasteiger partial charge in [0.1, 0.15) is 6.10 Å². The molecule has 1 unspecified atom stereocenters. The predicted octanol–water partition coefficient (Wildman–Crippen LogP) is 2.43. The van der Waals surface area contributed by atoms with Gasteiger partial charge in [0.25, 0.3) is 5.91 Å². The van der Waals surface area contributed by atoms with Crippen LogP contribution in [0.4, 0.5) is 11.4 Å². The second-order valence-electron chi connectivity index (χ2n) is 5.59. The summed E-state index contributed by atoms with van der Waals surface area (Å²) in [6, 6.07) is 7.03. The van der Waals surface area contributed by atoms with Gasteiger partial charge in [-0.3, -0.25) is 4.79 Å². The minimum absolute atomic E-state index is 0.198. The summed E-state index contributed by atoms with van der Waals surface area (Å²) in [7, 11) is 0. The van der Waals surface area contributed by atoms with Gasteiger partial charge in [0, 0.05) is 11.4 Å². The summed E-state index contributed by atoms with van der Waals surface area (Å²) in [5, 5.41) is 2.75. The molecule has 0 aliphatic carbocycles. The van der Waals surface area contributed by atoms with E-state index in [0.717, 1.165) is 0 Å². The van der Waals surface area contributed by atoms with E-state index in [4.69, 9.17) is 15.2 Å². The van der Waals surface area contributed by atoms with Gasteiger partial charge in [-0.25, -0.2) is 0 Å². The highest BCUT2D eigenvalue weighted by Gasteiger charge is 2.14. The second kappa shape index (κ2) is 7.26. The van der Waals surface area contributed by atoms with Crippen LogP contribution in [0.2, 0.25) is 0 Å². The Hall–Kier alpha value is -1.59. The zero-order chi connectivity index (χ0) is 15.2. The second-order valence-corrected chi connectivity index (χ2v) is 5.59. The van der Waals surface area contributed by atoms with Crippen LogP contribution in [0.1, 0.15) is 27.7 Å². The molecule has 0 saturated carbocycles. The zero-order valence-corrected chi connectivity index (χ0v) is 12.6. The Kier molecular flexibility index (Phi) is 5.98. The molecule has 112 valence electrons. The lowest BCUT2D eigenvalue weighted by Gasteiger charge is -2.20. The molecule has 5 heteroatoms. The van der Waals surface area contributed by atoms with Crippen LogP contribution in [-0.2, 0) is 14.3 Å². The molecule has 1 atom stereocenters. The van der Waals surface area contributed by atoms with E-state index in [2.05, 4.69) is 5.32 Å². The molecule has 1 aromatic carbocycles. The fourth-order valence-electron chi connectivity index (χ4n) is 1.51. The number of nitrogen functional groups attached to an aromatic ring is 1. The van der Waals surface area contributed by atoms with Gasteiger partial charge in [-0.15, -0.1) is 0 Å². The van der Waals surface area contributed by atoms with E-state index in [1.807, 2.05) is 20.8 Å². The summed E-state index contributed by atoms with van der Waals surface area (Å²) in [5.74, 6) is -0.202. The molecule has 5 nitrogen and oxygen atoms in total. The number of hydrogen-bond acceptors (Lipinski definition) is 4. The Bertz CT molecular complexity index is 441. The maximum absolute atomic E-state index is 11.9. The number of benzene rings is 1. The van der Waals surface area contributed by atoms with Crippen LogP contribution in [-0.4, -0.2) is 30.8 Å². The number of carbonyl (C=O) groups is 1. The van der Waals surface area contributed by atoms with Gasteiger partial charge in [0.2, 0.25) is 0 Å².